The quantitative estimate of drug-likeness (QED) is 0.770. The molecule has 0 aliphatic rings. The summed E-state index contributed by atoms with van der Waals surface area (Å²) in [7, 11) is 3.64. The van der Waals surface area contributed by atoms with Gasteiger partial charge in [-0.05, 0) is 18.2 Å². The third kappa shape index (κ3) is 3.85. The fourth-order valence-electron chi connectivity index (χ4n) is 1.64. The van der Waals surface area contributed by atoms with Gasteiger partial charge in [-0.1, -0.05) is 0 Å². The van der Waals surface area contributed by atoms with Crippen LogP contribution >= 0.6 is 0 Å². The van der Waals surface area contributed by atoms with Crippen LogP contribution in [-0.2, 0) is 4.79 Å². The molecular weight excluding hydrogens is 276 g/mol. The number of amides is 2. The highest BCUT2D eigenvalue weighted by Crippen LogP contribution is 2.23. The van der Waals surface area contributed by atoms with E-state index >= 15 is 0 Å². The van der Waals surface area contributed by atoms with E-state index in [2.05, 4.69) is 15.6 Å². The SMILES string of the molecule is CN(C)c1nc2cc(NC(=O)NCCC(=O)O)ccc2o1. The predicted octanol–water partition coefficient (Wildman–Crippen LogP) is 1.49. The number of hydrogen-bond donors (Lipinski definition) is 3. The van der Waals surface area contributed by atoms with E-state index in [-0.39, 0.29) is 13.0 Å². The minimum absolute atomic E-state index is 0.0676. The van der Waals surface area contributed by atoms with Crippen LogP contribution in [-0.4, -0.2) is 42.7 Å². The Labute approximate surface area is 120 Å². The van der Waals surface area contributed by atoms with Crippen LogP contribution in [0.25, 0.3) is 11.1 Å². The Bertz CT molecular complexity index is 665. The second-order valence-corrected chi connectivity index (χ2v) is 4.60. The van der Waals surface area contributed by atoms with Gasteiger partial charge < -0.3 is 25.1 Å². The second-order valence-electron chi connectivity index (χ2n) is 4.60. The molecule has 8 heteroatoms. The molecule has 0 saturated heterocycles. The second kappa shape index (κ2) is 6.12. The summed E-state index contributed by atoms with van der Waals surface area (Å²) in [6.45, 7) is 0.0676. The molecule has 0 radical (unpaired) electrons. The Hall–Kier alpha value is -2.77. The number of benzene rings is 1. The van der Waals surface area contributed by atoms with Crippen LogP contribution < -0.4 is 15.5 Å². The van der Waals surface area contributed by atoms with Gasteiger partial charge in [0.2, 0.25) is 0 Å². The van der Waals surface area contributed by atoms with Crippen LogP contribution in [0.1, 0.15) is 6.42 Å². The van der Waals surface area contributed by atoms with Crippen LogP contribution in [0, 0.1) is 0 Å². The van der Waals surface area contributed by atoms with Gasteiger partial charge in [0, 0.05) is 26.3 Å². The molecule has 112 valence electrons. The van der Waals surface area contributed by atoms with Crippen LogP contribution in [0.4, 0.5) is 16.5 Å². The lowest BCUT2D eigenvalue weighted by molar-refractivity contribution is -0.136. The highest BCUT2D eigenvalue weighted by molar-refractivity contribution is 5.91. The summed E-state index contributed by atoms with van der Waals surface area (Å²) in [5, 5.41) is 13.5. The van der Waals surface area contributed by atoms with Crippen LogP contribution in [0.15, 0.2) is 22.6 Å². The molecule has 2 amide bonds. The Balaban J connectivity index is 2.02. The monoisotopic (exact) mass is 292 g/mol. The number of carboxylic acid groups (broad SMARTS) is 1. The number of urea groups is 1. The van der Waals surface area contributed by atoms with Crippen molar-refractivity contribution >= 4 is 34.8 Å². The molecular formula is C13H16N4O4. The zero-order valence-electron chi connectivity index (χ0n) is 11.7. The summed E-state index contributed by atoms with van der Waals surface area (Å²) in [6.07, 6.45) is -0.123. The average molecular weight is 292 g/mol. The molecule has 0 fully saturated rings. The number of oxazole rings is 1. The van der Waals surface area contributed by atoms with E-state index in [1.54, 1.807) is 23.1 Å². The molecule has 0 saturated carbocycles. The first-order valence-electron chi connectivity index (χ1n) is 6.30. The van der Waals surface area contributed by atoms with Crippen LogP contribution in [0.5, 0.6) is 0 Å². The average Bonchev–Trinajstić information content (AvgIpc) is 2.81. The largest absolute Gasteiger partial charge is 0.481 e. The van der Waals surface area contributed by atoms with Crippen molar-refractivity contribution in [2.24, 2.45) is 0 Å². The molecule has 1 heterocycles. The lowest BCUT2D eigenvalue weighted by Gasteiger charge is -2.06. The molecule has 3 N–H and O–H groups in total. The Kier molecular flexibility index (Phi) is 4.27. The predicted molar refractivity (Wildman–Crippen MR) is 77.6 cm³/mol. The number of nitrogens with one attached hydrogen (secondary N) is 2. The summed E-state index contributed by atoms with van der Waals surface area (Å²) in [4.78, 5) is 27.9. The van der Waals surface area contributed by atoms with E-state index in [9.17, 15) is 9.59 Å². The maximum Gasteiger partial charge on any atom is 0.319 e. The van der Waals surface area contributed by atoms with Gasteiger partial charge in [-0.15, -0.1) is 0 Å². The van der Waals surface area contributed by atoms with E-state index in [0.717, 1.165) is 0 Å². The molecule has 2 rings (SSSR count). The van der Waals surface area contributed by atoms with Crippen molar-refractivity contribution in [2.75, 3.05) is 30.9 Å². The number of carbonyl (C=O) groups is 2. The highest BCUT2D eigenvalue weighted by Gasteiger charge is 2.09. The first kappa shape index (κ1) is 14.6. The number of nitrogens with zero attached hydrogens (tertiary/aromatic N) is 2. The van der Waals surface area contributed by atoms with Crippen molar-refractivity contribution < 1.29 is 19.1 Å². The normalized spacial score (nSPS) is 10.4. The number of aliphatic carboxylic acids is 1. The zero-order valence-corrected chi connectivity index (χ0v) is 11.7. The van der Waals surface area contributed by atoms with Crippen molar-refractivity contribution in [3.63, 3.8) is 0 Å². The van der Waals surface area contributed by atoms with Gasteiger partial charge in [-0.25, -0.2) is 4.79 Å². The third-order valence-electron chi connectivity index (χ3n) is 2.64. The van der Waals surface area contributed by atoms with E-state index in [1.807, 2.05) is 14.1 Å². The summed E-state index contributed by atoms with van der Waals surface area (Å²) in [6, 6.07) is 5.09. The minimum atomic E-state index is -0.962. The van der Waals surface area contributed by atoms with Crippen molar-refractivity contribution in [1.82, 2.24) is 10.3 Å². The fourth-order valence-corrected chi connectivity index (χ4v) is 1.64. The number of carbonyl (C=O) groups excluding carboxylic acids is 1. The number of hydrogen-bond acceptors (Lipinski definition) is 5. The number of carboxylic acids is 1. The molecule has 8 nitrogen and oxygen atoms in total. The Morgan fingerprint density at radius 2 is 2.14 bits per heavy atom. The van der Waals surface area contributed by atoms with Crippen molar-refractivity contribution in [2.45, 2.75) is 6.42 Å². The van der Waals surface area contributed by atoms with Crippen molar-refractivity contribution in [3.8, 4) is 0 Å². The number of anilines is 2. The maximum atomic E-state index is 11.6. The van der Waals surface area contributed by atoms with Gasteiger partial charge in [0.25, 0.3) is 6.01 Å². The van der Waals surface area contributed by atoms with Gasteiger partial charge in [0.15, 0.2) is 5.58 Å². The smallest absolute Gasteiger partial charge is 0.319 e. The fraction of sp³-hybridized carbons (Fsp3) is 0.308. The lowest BCUT2D eigenvalue weighted by Crippen LogP contribution is -2.30. The summed E-state index contributed by atoms with van der Waals surface area (Å²) in [5.41, 5.74) is 1.80. The summed E-state index contributed by atoms with van der Waals surface area (Å²) >= 11 is 0. The molecule has 0 aliphatic heterocycles. The van der Waals surface area contributed by atoms with E-state index in [4.69, 9.17) is 9.52 Å². The molecule has 21 heavy (non-hydrogen) atoms. The standard InChI is InChI=1S/C13H16N4O4/c1-17(2)13-16-9-7-8(3-4-10(9)21-13)15-12(20)14-6-5-11(18)19/h3-4,7H,5-6H2,1-2H3,(H,18,19)(H2,14,15,20). The Morgan fingerprint density at radius 3 is 2.81 bits per heavy atom. The van der Waals surface area contributed by atoms with Gasteiger partial charge in [0.1, 0.15) is 5.52 Å². The first-order valence-corrected chi connectivity index (χ1v) is 6.30. The van der Waals surface area contributed by atoms with Crippen LogP contribution in [0.3, 0.4) is 0 Å². The van der Waals surface area contributed by atoms with E-state index < -0.39 is 12.0 Å². The van der Waals surface area contributed by atoms with Gasteiger partial charge in [0.05, 0.1) is 6.42 Å². The number of rotatable bonds is 5. The highest BCUT2D eigenvalue weighted by atomic mass is 16.4. The Morgan fingerprint density at radius 1 is 1.38 bits per heavy atom. The van der Waals surface area contributed by atoms with Gasteiger partial charge >= 0.3 is 12.0 Å². The first-order chi connectivity index (χ1) is 9.95. The van der Waals surface area contributed by atoms with E-state index in [1.165, 1.54) is 0 Å². The molecule has 1 aromatic carbocycles. The number of fused-ring (bicyclic) bond motifs is 1. The zero-order chi connectivity index (χ0) is 15.4. The molecule has 0 spiro atoms. The maximum absolute atomic E-state index is 11.6. The van der Waals surface area contributed by atoms with Gasteiger partial charge in [-0.2, -0.15) is 4.98 Å². The van der Waals surface area contributed by atoms with Crippen LogP contribution in [0.2, 0.25) is 0 Å². The lowest BCUT2D eigenvalue weighted by atomic mass is 10.3. The molecule has 0 aliphatic carbocycles. The minimum Gasteiger partial charge on any atom is -0.481 e. The molecule has 0 bridgehead atoms. The molecule has 2 aromatic rings. The van der Waals surface area contributed by atoms with Crippen molar-refractivity contribution in [3.05, 3.63) is 18.2 Å². The van der Waals surface area contributed by atoms with Gasteiger partial charge in [-0.3, -0.25) is 4.79 Å². The topological polar surface area (TPSA) is 108 Å². The molecule has 0 unspecified atom stereocenters. The summed E-state index contributed by atoms with van der Waals surface area (Å²) < 4.78 is 5.50. The molecule has 1 aromatic heterocycles. The number of aromatic nitrogens is 1. The molecule has 0 atom stereocenters. The third-order valence-corrected chi connectivity index (χ3v) is 2.64. The van der Waals surface area contributed by atoms with Crippen molar-refractivity contribution in [1.29, 1.82) is 0 Å². The summed E-state index contributed by atoms with van der Waals surface area (Å²) in [5.74, 6) is -0.962. The van der Waals surface area contributed by atoms with E-state index in [0.29, 0.717) is 22.8 Å².